The molecule has 0 aliphatic carbocycles. The van der Waals surface area contributed by atoms with Crippen LogP contribution in [0.15, 0.2) is 144 Å². The summed E-state index contributed by atoms with van der Waals surface area (Å²) in [6.07, 6.45) is 2.10. The molecule has 4 nitrogen and oxygen atoms in total. The first-order valence-electron chi connectivity index (χ1n) is 17.0. The molecule has 0 spiro atoms. The van der Waals surface area contributed by atoms with Crippen molar-refractivity contribution in [2.45, 2.75) is 26.2 Å². The van der Waals surface area contributed by atoms with Gasteiger partial charge in [-0.3, -0.25) is 4.98 Å². The van der Waals surface area contributed by atoms with Crippen molar-refractivity contribution < 1.29 is 33.5 Å². The van der Waals surface area contributed by atoms with Crippen LogP contribution >= 0.6 is 0 Å². The average Bonchev–Trinajstić information content (AvgIpc) is 3.54. The van der Waals surface area contributed by atoms with Gasteiger partial charge in [0.25, 0.3) is 0 Å². The maximum atomic E-state index is 13.8. The van der Waals surface area contributed by atoms with E-state index in [9.17, 15) is 9.65 Å². The van der Waals surface area contributed by atoms with Crippen LogP contribution in [0.4, 0.5) is 4.39 Å². The molecule has 0 N–H and O–H groups in total. The van der Waals surface area contributed by atoms with E-state index in [2.05, 4.69) is 88.4 Å². The predicted molar refractivity (Wildman–Crippen MR) is 207 cm³/mol. The minimum absolute atomic E-state index is 0. The van der Waals surface area contributed by atoms with E-state index >= 15 is 0 Å². The molecule has 53 heavy (non-hydrogen) atoms. The molecule has 8 aromatic rings. The quantitative estimate of drug-likeness (QED) is 0.101. The fraction of sp³-hybridized carbons (Fsp3) is 0.0851. The molecule has 0 amide bonds. The molecule has 260 valence electrons. The molecular formula is C47H36FIrN3O+. The van der Waals surface area contributed by atoms with E-state index in [-0.39, 0.29) is 25.5 Å². The zero-order valence-electron chi connectivity index (χ0n) is 29.7. The molecule has 0 saturated carbocycles. The van der Waals surface area contributed by atoms with Gasteiger partial charge in [0.05, 0.1) is 29.1 Å². The van der Waals surface area contributed by atoms with Gasteiger partial charge in [0.15, 0.2) is 0 Å². The summed E-state index contributed by atoms with van der Waals surface area (Å²) in [6.45, 7) is 10.7. The molecular weight excluding hydrogens is 834 g/mol. The Balaban J connectivity index is 0.000000215. The van der Waals surface area contributed by atoms with Crippen molar-refractivity contribution in [2.75, 3.05) is 0 Å². The summed E-state index contributed by atoms with van der Waals surface area (Å²) in [7, 11) is 4.10. The first-order valence-corrected chi connectivity index (χ1v) is 17.0. The van der Waals surface area contributed by atoms with E-state index in [1.54, 1.807) is 18.2 Å². The Kier molecular flexibility index (Phi) is 10.6. The third-order valence-electron chi connectivity index (χ3n) is 9.16. The molecule has 0 radical (unpaired) electrons. The summed E-state index contributed by atoms with van der Waals surface area (Å²) in [5, 5.41) is 11.6. The Labute approximate surface area is 323 Å². The molecule has 8 rings (SSSR count). The van der Waals surface area contributed by atoms with Crippen molar-refractivity contribution in [1.82, 2.24) is 4.98 Å². The van der Waals surface area contributed by atoms with Crippen LogP contribution in [0.25, 0.3) is 66.7 Å². The molecule has 0 unspecified atom stereocenters. The van der Waals surface area contributed by atoms with E-state index < -0.39 is 5.95 Å². The zero-order valence-corrected chi connectivity index (χ0v) is 32.0. The van der Waals surface area contributed by atoms with Gasteiger partial charge >= 0.3 is 20.1 Å². The largest absolute Gasteiger partial charge is 3.00 e. The smallest absolute Gasteiger partial charge is 0.500 e. The van der Waals surface area contributed by atoms with Gasteiger partial charge in [0.1, 0.15) is 5.58 Å². The van der Waals surface area contributed by atoms with Crippen molar-refractivity contribution in [3.63, 3.8) is 0 Å². The third kappa shape index (κ3) is 7.50. The number of hydrogen-bond acceptors (Lipinski definition) is 3. The van der Waals surface area contributed by atoms with E-state index in [0.717, 1.165) is 49.8 Å². The minimum atomic E-state index is -0.565. The fourth-order valence-corrected chi connectivity index (χ4v) is 6.39. The van der Waals surface area contributed by atoms with E-state index in [1.807, 2.05) is 83.4 Å². The molecule has 0 fully saturated rings. The second kappa shape index (κ2) is 15.3. The summed E-state index contributed by atoms with van der Waals surface area (Å²) < 4.78 is 22.1. The average molecular weight is 870 g/mol. The number of nitriles is 1. The number of aromatic nitrogens is 2. The van der Waals surface area contributed by atoms with Gasteiger partial charge in [-0.2, -0.15) is 28.2 Å². The van der Waals surface area contributed by atoms with Crippen LogP contribution in [0.1, 0.15) is 37.5 Å². The second-order valence-corrected chi connectivity index (χ2v) is 13.6. The van der Waals surface area contributed by atoms with Gasteiger partial charge in [0.2, 0.25) is 5.95 Å². The number of nitrogens with zero attached hydrogens (tertiary/aromatic N) is 3. The van der Waals surface area contributed by atoms with Crippen molar-refractivity contribution in [2.24, 2.45) is 0 Å². The zero-order chi connectivity index (χ0) is 36.4. The number of furan rings is 1. The first-order chi connectivity index (χ1) is 25.1. The van der Waals surface area contributed by atoms with E-state index in [4.69, 9.17) is 4.42 Å². The van der Waals surface area contributed by atoms with Crippen LogP contribution in [0, 0.1) is 37.3 Å². The maximum absolute atomic E-state index is 13.8. The van der Waals surface area contributed by atoms with E-state index in [0.29, 0.717) is 28.0 Å². The summed E-state index contributed by atoms with van der Waals surface area (Å²) in [5.41, 5.74) is 11.2. The van der Waals surface area contributed by atoms with Crippen LogP contribution in [-0.2, 0) is 25.5 Å². The minimum Gasteiger partial charge on any atom is -0.500 e. The molecule has 6 heteroatoms. The van der Waals surface area contributed by atoms with Crippen molar-refractivity contribution in [1.29, 1.82) is 5.26 Å². The third-order valence-corrected chi connectivity index (χ3v) is 9.16. The van der Waals surface area contributed by atoms with Crippen LogP contribution in [-0.4, -0.2) is 4.98 Å². The van der Waals surface area contributed by atoms with Crippen molar-refractivity contribution >= 4 is 21.9 Å². The van der Waals surface area contributed by atoms with Crippen LogP contribution < -0.4 is 4.57 Å². The van der Waals surface area contributed by atoms with Crippen LogP contribution in [0.5, 0.6) is 0 Å². The predicted octanol–water partition coefficient (Wildman–Crippen LogP) is 11.6. The molecule has 3 aromatic heterocycles. The maximum Gasteiger partial charge on any atom is 3.00 e. The topological polar surface area (TPSA) is 53.7 Å². The Morgan fingerprint density at radius 2 is 1.43 bits per heavy atom. The number of pyridine rings is 2. The number of benzene rings is 5. The molecule has 3 heterocycles. The number of hydrogen-bond donors (Lipinski definition) is 0. The molecule has 5 aromatic carbocycles. The van der Waals surface area contributed by atoms with Gasteiger partial charge in [0, 0.05) is 18.0 Å². The van der Waals surface area contributed by atoms with Crippen LogP contribution in [0.2, 0.25) is 0 Å². The second-order valence-electron chi connectivity index (χ2n) is 13.6. The molecule has 0 atom stereocenters. The van der Waals surface area contributed by atoms with Gasteiger partial charge in [-0.1, -0.05) is 123 Å². The number of rotatable bonds is 4. The summed E-state index contributed by atoms with van der Waals surface area (Å²) in [6, 6.07) is 48.2. The summed E-state index contributed by atoms with van der Waals surface area (Å²) >= 11 is 0. The molecule has 0 aliphatic rings. The molecule has 0 bridgehead atoms. The van der Waals surface area contributed by atoms with Crippen molar-refractivity contribution in [3.8, 4) is 50.8 Å². The standard InChI is InChI=1S/C30H16FN2O.C17H20N.Ir/c31-27-11-5-10-26(33-27)25-9-4-8-23-24-17-16-22(18-32)28(30(24)34-29(23)25)21-14-12-20(13-15-21)19-6-2-1-3-7-19;1-13-8-6-7-9-15(13)16-11-10-14(12-18(16)5)17(2,3)4;/h1-8,10-17H;6-12H,1,5H2,2-4H3;/q2*-1;+3. The fourth-order valence-electron chi connectivity index (χ4n) is 6.39. The number of fused-ring (bicyclic) bond motifs is 3. The van der Waals surface area contributed by atoms with E-state index in [1.165, 1.54) is 11.6 Å². The molecule has 0 aliphatic heterocycles. The number of halogens is 1. The van der Waals surface area contributed by atoms with Crippen LogP contribution in [0.3, 0.4) is 0 Å². The Hall–Kier alpha value is -5.99. The van der Waals surface area contributed by atoms with Crippen molar-refractivity contribution in [3.05, 3.63) is 182 Å². The Morgan fingerprint density at radius 3 is 2.11 bits per heavy atom. The molecule has 0 saturated heterocycles. The SMILES string of the molecule is N#Cc1ccc2c(oc3c(-c4cccc(F)n4)[c-]ccc32)c1-c1ccc(-c2ccccc2)cc1.[CH2-]c1ccccc1-c1ccc(C(C)(C)C)c[n+]1[CH2-].[Ir+3]. The Morgan fingerprint density at radius 1 is 0.755 bits per heavy atom. The Bertz CT molecular complexity index is 2600. The van der Waals surface area contributed by atoms with Gasteiger partial charge in [-0.15, -0.1) is 35.9 Å². The normalized spacial score (nSPS) is 11.0. The van der Waals surface area contributed by atoms with Gasteiger partial charge in [-0.05, 0) is 45.5 Å². The summed E-state index contributed by atoms with van der Waals surface area (Å²) in [4.78, 5) is 4.01. The van der Waals surface area contributed by atoms with Gasteiger partial charge in [-0.25, -0.2) is 0 Å². The monoisotopic (exact) mass is 870 g/mol. The first kappa shape index (κ1) is 36.8. The summed E-state index contributed by atoms with van der Waals surface area (Å²) in [5.74, 6) is -0.565. The van der Waals surface area contributed by atoms with Gasteiger partial charge < -0.3 is 8.98 Å².